The molecule has 0 unspecified atom stereocenters. The molecule has 5 heteroatoms. The molecule has 0 fully saturated rings. The van der Waals surface area contributed by atoms with Gasteiger partial charge in [0.1, 0.15) is 5.15 Å². The van der Waals surface area contributed by atoms with E-state index in [2.05, 4.69) is 4.98 Å². The van der Waals surface area contributed by atoms with Crippen LogP contribution < -0.4 is 0 Å². The molecule has 0 radical (unpaired) electrons. The van der Waals surface area contributed by atoms with Gasteiger partial charge in [-0.25, -0.2) is 13.4 Å². The fourth-order valence-electron chi connectivity index (χ4n) is 1.26. The first-order chi connectivity index (χ1) is 7.60. The summed E-state index contributed by atoms with van der Waals surface area (Å²) in [5, 5.41) is 0.270. The lowest BCUT2D eigenvalue weighted by molar-refractivity contribution is 0.595. The van der Waals surface area contributed by atoms with Crippen LogP contribution in [0, 0.1) is 0 Å². The van der Waals surface area contributed by atoms with Gasteiger partial charge >= 0.3 is 0 Å². The molecule has 0 amide bonds. The lowest BCUT2D eigenvalue weighted by Gasteiger charge is -2.03. The van der Waals surface area contributed by atoms with Crippen molar-refractivity contribution in [2.75, 3.05) is 0 Å². The number of hydrogen-bond acceptors (Lipinski definition) is 3. The summed E-state index contributed by atoms with van der Waals surface area (Å²) in [4.78, 5) is 4.15. The van der Waals surface area contributed by atoms with Crippen LogP contribution in [0.3, 0.4) is 0 Å². The van der Waals surface area contributed by atoms with Gasteiger partial charge in [-0.2, -0.15) is 0 Å². The molecule has 1 heterocycles. The Bertz CT molecular complexity index is 579. The smallest absolute Gasteiger partial charge is 0.208 e. The van der Waals surface area contributed by atoms with Crippen molar-refractivity contribution in [1.82, 2.24) is 4.98 Å². The summed E-state index contributed by atoms with van der Waals surface area (Å²) in [6.07, 6.45) is 1.25. The van der Waals surface area contributed by atoms with E-state index in [9.17, 15) is 8.42 Å². The minimum Gasteiger partial charge on any atom is -0.243 e. The average Bonchev–Trinajstić information content (AvgIpc) is 2.31. The summed E-state index contributed by atoms with van der Waals surface area (Å²) in [5.41, 5.74) is 0. The van der Waals surface area contributed by atoms with E-state index in [-0.39, 0.29) is 14.9 Å². The molecule has 0 saturated heterocycles. The standard InChI is InChI=1S/C11H8ClNO2S/c12-11-7-6-10(8-13-11)16(14,15)9-4-2-1-3-5-9/h1-8H. The van der Waals surface area contributed by atoms with Crippen LogP contribution in [0.25, 0.3) is 0 Å². The molecular formula is C11H8ClNO2S. The first-order valence-corrected chi connectivity index (χ1v) is 6.38. The highest BCUT2D eigenvalue weighted by molar-refractivity contribution is 7.91. The van der Waals surface area contributed by atoms with Gasteiger partial charge in [0.15, 0.2) is 0 Å². The van der Waals surface area contributed by atoms with E-state index in [4.69, 9.17) is 11.6 Å². The van der Waals surface area contributed by atoms with Gasteiger partial charge in [-0.05, 0) is 24.3 Å². The van der Waals surface area contributed by atoms with Crippen LogP contribution in [0.2, 0.25) is 5.15 Å². The number of halogens is 1. The Labute approximate surface area is 98.6 Å². The average molecular weight is 254 g/mol. The fraction of sp³-hybridized carbons (Fsp3) is 0. The van der Waals surface area contributed by atoms with Crippen LogP contribution in [0.4, 0.5) is 0 Å². The Balaban J connectivity index is 2.52. The number of benzene rings is 1. The number of aromatic nitrogens is 1. The van der Waals surface area contributed by atoms with E-state index in [0.717, 1.165) is 0 Å². The fourth-order valence-corrected chi connectivity index (χ4v) is 2.60. The number of hydrogen-bond donors (Lipinski definition) is 0. The zero-order chi connectivity index (χ0) is 11.6. The number of rotatable bonds is 2. The van der Waals surface area contributed by atoms with Crippen LogP contribution in [0.1, 0.15) is 0 Å². The second kappa shape index (κ2) is 4.23. The summed E-state index contributed by atoms with van der Waals surface area (Å²) >= 11 is 5.60. The number of nitrogens with zero attached hydrogens (tertiary/aromatic N) is 1. The van der Waals surface area contributed by atoms with Crippen molar-refractivity contribution in [2.24, 2.45) is 0 Å². The third-order valence-corrected chi connectivity index (χ3v) is 4.04. The highest BCUT2D eigenvalue weighted by atomic mass is 35.5. The molecule has 2 aromatic rings. The first kappa shape index (κ1) is 11.1. The zero-order valence-electron chi connectivity index (χ0n) is 8.17. The quantitative estimate of drug-likeness (QED) is 0.773. The van der Waals surface area contributed by atoms with Gasteiger partial charge < -0.3 is 0 Å². The van der Waals surface area contributed by atoms with Crippen LogP contribution >= 0.6 is 11.6 Å². The topological polar surface area (TPSA) is 47.0 Å². The summed E-state index contributed by atoms with van der Waals surface area (Å²) in [7, 11) is -3.48. The lowest BCUT2D eigenvalue weighted by Crippen LogP contribution is -2.01. The van der Waals surface area contributed by atoms with Gasteiger partial charge in [-0.1, -0.05) is 29.8 Å². The lowest BCUT2D eigenvalue weighted by atomic mass is 10.4. The van der Waals surface area contributed by atoms with Crippen molar-refractivity contribution in [1.29, 1.82) is 0 Å². The predicted octanol–water partition coefficient (Wildman–Crippen LogP) is 2.57. The van der Waals surface area contributed by atoms with E-state index in [0.29, 0.717) is 0 Å². The molecular weight excluding hydrogens is 246 g/mol. The second-order valence-corrected chi connectivity index (χ2v) is 5.47. The van der Waals surface area contributed by atoms with Crippen molar-refractivity contribution >= 4 is 21.4 Å². The maximum Gasteiger partial charge on any atom is 0.208 e. The van der Waals surface area contributed by atoms with E-state index in [1.807, 2.05) is 0 Å². The molecule has 1 aromatic carbocycles. The molecule has 0 atom stereocenters. The first-order valence-electron chi connectivity index (χ1n) is 4.52. The van der Waals surface area contributed by atoms with Gasteiger partial charge in [0.25, 0.3) is 0 Å². The molecule has 0 N–H and O–H groups in total. The van der Waals surface area contributed by atoms with E-state index < -0.39 is 9.84 Å². The molecule has 16 heavy (non-hydrogen) atoms. The molecule has 0 aliphatic rings. The number of pyridine rings is 1. The Kier molecular flexibility index (Phi) is 2.94. The van der Waals surface area contributed by atoms with Gasteiger partial charge in [0, 0.05) is 6.20 Å². The van der Waals surface area contributed by atoms with Gasteiger partial charge in [0.05, 0.1) is 9.79 Å². The van der Waals surface area contributed by atoms with E-state index in [1.165, 1.54) is 18.3 Å². The maximum absolute atomic E-state index is 12.1. The van der Waals surface area contributed by atoms with Crippen molar-refractivity contribution in [3.05, 3.63) is 53.8 Å². The van der Waals surface area contributed by atoms with E-state index >= 15 is 0 Å². The summed E-state index contributed by atoms with van der Waals surface area (Å²) in [5.74, 6) is 0. The van der Waals surface area contributed by atoms with Crippen molar-refractivity contribution < 1.29 is 8.42 Å². The summed E-state index contributed by atoms with van der Waals surface area (Å²) in [6, 6.07) is 11.1. The van der Waals surface area contributed by atoms with Crippen LogP contribution in [0.5, 0.6) is 0 Å². The highest BCUT2D eigenvalue weighted by Crippen LogP contribution is 2.20. The zero-order valence-corrected chi connectivity index (χ0v) is 9.74. The predicted molar refractivity (Wildman–Crippen MR) is 61.1 cm³/mol. The largest absolute Gasteiger partial charge is 0.243 e. The molecule has 1 aromatic heterocycles. The SMILES string of the molecule is O=S(=O)(c1ccccc1)c1ccc(Cl)nc1. The molecule has 0 bridgehead atoms. The third-order valence-electron chi connectivity index (χ3n) is 2.06. The van der Waals surface area contributed by atoms with E-state index in [1.54, 1.807) is 30.3 Å². The normalized spacial score (nSPS) is 11.3. The minimum absolute atomic E-state index is 0.142. The molecule has 3 nitrogen and oxygen atoms in total. The monoisotopic (exact) mass is 253 g/mol. The molecule has 0 aliphatic heterocycles. The summed E-state index contributed by atoms with van der Waals surface area (Å²) < 4.78 is 24.1. The summed E-state index contributed by atoms with van der Waals surface area (Å²) in [6.45, 7) is 0. The second-order valence-electron chi connectivity index (χ2n) is 3.13. The molecule has 0 saturated carbocycles. The van der Waals surface area contributed by atoms with Crippen molar-refractivity contribution in [3.8, 4) is 0 Å². The molecule has 0 spiro atoms. The Hall–Kier alpha value is -1.39. The van der Waals surface area contributed by atoms with Crippen LogP contribution in [-0.2, 0) is 9.84 Å². The molecule has 2 rings (SSSR count). The van der Waals surface area contributed by atoms with Crippen molar-refractivity contribution in [2.45, 2.75) is 9.79 Å². The molecule has 82 valence electrons. The van der Waals surface area contributed by atoms with Gasteiger partial charge in [-0.15, -0.1) is 0 Å². The Morgan fingerprint density at radius 1 is 0.938 bits per heavy atom. The van der Waals surface area contributed by atoms with Crippen molar-refractivity contribution in [3.63, 3.8) is 0 Å². The minimum atomic E-state index is -3.48. The number of sulfone groups is 1. The maximum atomic E-state index is 12.1. The highest BCUT2D eigenvalue weighted by Gasteiger charge is 2.16. The van der Waals surface area contributed by atoms with Gasteiger partial charge in [-0.3, -0.25) is 0 Å². The van der Waals surface area contributed by atoms with Gasteiger partial charge in [0.2, 0.25) is 9.84 Å². The Morgan fingerprint density at radius 2 is 1.62 bits per heavy atom. The molecule has 0 aliphatic carbocycles. The van der Waals surface area contributed by atoms with Crippen LogP contribution in [-0.4, -0.2) is 13.4 Å². The Morgan fingerprint density at radius 3 is 2.19 bits per heavy atom. The third kappa shape index (κ3) is 2.08. The van der Waals surface area contributed by atoms with Crippen LogP contribution in [0.15, 0.2) is 58.5 Å².